The minimum absolute atomic E-state index is 0.289. The molecule has 0 saturated carbocycles. The molecule has 76 valence electrons. The maximum Gasteiger partial charge on any atom is 0.222 e. The van der Waals surface area contributed by atoms with Crippen LogP contribution in [0.1, 0.15) is 26.7 Å². The van der Waals surface area contributed by atoms with Gasteiger partial charge in [0.1, 0.15) is 0 Å². The summed E-state index contributed by atoms with van der Waals surface area (Å²) in [6, 6.07) is 0. The molecule has 0 aliphatic carbocycles. The Balaban J connectivity index is 2.21. The van der Waals surface area contributed by atoms with E-state index in [1.54, 1.807) is 0 Å². The predicted octanol–water partition coefficient (Wildman–Crippen LogP) is 1.28. The molecule has 1 rings (SSSR count). The molecule has 0 atom stereocenters. The van der Waals surface area contributed by atoms with Crippen LogP contribution in [0.4, 0.5) is 0 Å². The number of nitrogens with zero attached hydrogens (tertiary/aromatic N) is 1. The van der Waals surface area contributed by atoms with E-state index in [9.17, 15) is 4.79 Å². The summed E-state index contributed by atoms with van der Waals surface area (Å²) in [5, 5.41) is 0. The van der Waals surface area contributed by atoms with Gasteiger partial charge in [-0.25, -0.2) is 0 Å². The van der Waals surface area contributed by atoms with Crippen LogP contribution in [0.25, 0.3) is 0 Å². The molecule has 0 aromatic carbocycles. The standard InChI is InChI=1S/C10H19NO2/c1-9(2)3-4-10(12)11-5-7-13-8-6-11/h9H,3-8H2,1-2H3. The Labute approximate surface area is 80.1 Å². The minimum Gasteiger partial charge on any atom is -0.378 e. The molecule has 0 spiro atoms. The van der Waals surface area contributed by atoms with Crippen LogP contribution in [0.15, 0.2) is 0 Å². The Morgan fingerprint density at radius 1 is 1.38 bits per heavy atom. The average molecular weight is 185 g/mol. The lowest BCUT2D eigenvalue weighted by atomic mass is 10.1. The molecule has 3 nitrogen and oxygen atoms in total. The third-order valence-corrected chi connectivity index (χ3v) is 2.30. The van der Waals surface area contributed by atoms with E-state index in [0.717, 1.165) is 19.5 Å². The summed E-state index contributed by atoms with van der Waals surface area (Å²) in [5.41, 5.74) is 0. The van der Waals surface area contributed by atoms with Crippen molar-refractivity contribution in [3.05, 3.63) is 0 Å². The summed E-state index contributed by atoms with van der Waals surface area (Å²) in [6.45, 7) is 7.24. The van der Waals surface area contributed by atoms with Gasteiger partial charge in [-0.3, -0.25) is 4.79 Å². The SMILES string of the molecule is CC(C)CCC(=O)N1CCOCC1. The first-order valence-corrected chi connectivity index (χ1v) is 5.05. The van der Waals surface area contributed by atoms with E-state index >= 15 is 0 Å². The van der Waals surface area contributed by atoms with Gasteiger partial charge in [-0.05, 0) is 12.3 Å². The van der Waals surface area contributed by atoms with E-state index in [2.05, 4.69) is 13.8 Å². The highest BCUT2D eigenvalue weighted by atomic mass is 16.5. The van der Waals surface area contributed by atoms with Crippen LogP contribution in [0.3, 0.4) is 0 Å². The second-order valence-electron chi connectivity index (χ2n) is 3.93. The summed E-state index contributed by atoms with van der Waals surface area (Å²) < 4.78 is 5.18. The molecule has 13 heavy (non-hydrogen) atoms. The third kappa shape index (κ3) is 3.77. The van der Waals surface area contributed by atoms with Crippen molar-refractivity contribution in [2.24, 2.45) is 5.92 Å². The van der Waals surface area contributed by atoms with Crippen molar-refractivity contribution in [3.8, 4) is 0 Å². The lowest BCUT2D eigenvalue weighted by molar-refractivity contribution is -0.135. The molecule has 1 aliphatic heterocycles. The van der Waals surface area contributed by atoms with Crippen molar-refractivity contribution in [3.63, 3.8) is 0 Å². The van der Waals surface area contributed by atoms with E-state index in [0.29, 0.717) is 25.6 Å². The number of morpholine rings is 1. The molecule has 1 fully saturated rings. The number of hydrogen-bond donors (Lipinski definition) is 0. The largest absolute Gasteiger partial charge is 0.378 e. The fourth-order valence-electron chi connectivity index (χ4n) is 1.38. The van der Waals surface area contributed by atoms with Crippen LogP contribution in [-0.4, -0.2) is 37.1 Å². The van der Waals surface area contributed by atoms with Gasteiger partial charge in [0.15, 0.2) is 0 Å². The number of rotatable bonds is 3. The van der Waals surface area contributed by atoms with Gasteiger partial charge in [0.05, 0.1) is 13.2 Å². The van der Waals surface area contributed by atoms with E-state index in [1.807, 2.05) is 4.90 Å². The van der Waals surface area contributed by atoms with Crippen molar-refractivity contribution in [2.45, 2.75) is 26.7 Å². The number of ether oxygens (including phenoxy) is 1. The van der Waals surface area contributed by atoms with Crippen LogP contribution in [0.5, 0.6) is 0 Å². The first kappa shape index (κ1) is 10.5. The zero-order valence-electron chi connectivity index (χ0n) is 8.58. The predicted molar refractivity (Wildman–Crippen MR) is 51.5 cm³/mol. The molecule has 0 N–H and O–H groups in total. The fourth-order valence-corrected chi connectivity index (χ4v) is 1.38. The van der Waals surface area contributed by atoms with Crippen LogP contribution < -0.4 is 0 Å². The topological polar surface area (TPSA) is 29.5 Å². The molecule has 0 radical (unpaired) electrons. The molecule has 1 amide bonds. The highest BCUT2D eigenvalue weighted by molar-refractivity contribution is 5.76. The van der Waals surface area contributed by atoms with E-state index < -0.39 is 0 Å². The zero-order chi connectivity index (χ0) is 9.68. The van der Waals surface area contributed by atoms with Crippen molar-refractivity contribution in [1.29, 1.82) is 0 Å². The molecule has 1 heterocycles. The summed E-state index contributed by atoms with van der Waals surface area (Å²) in [7, 11) is 0. The van der Waals surface area contributed by atoms with Crippen molar-refractivity contribution >= 4 is 5.91 Å². The molecule has 1 saturated heterocycles. The molecular formula is C10H19NO2. The quantitative estimate of drug-likeness (QED) is 0.663. The Morgan fingerprint density at radius 2 is 2.00 bits per heavy atom. The maximum absolute atomic E-state index is 11.6. The van der Waals surface area contributed by atoms with Gasteiger partial charge in [-0.1, -0.05) is 13.8 Å². The highest BCUT2D eigenvalue weighted by Crippen LogP contribution is 2.07. The van der Waals surface area contributed by atoms with E-state index in [4.69, 9.17) is 4.74 Å². The lowest BCUT2D eigenvalue weighted by Gasteiger charge is -2.27. The Hall–Kier alpha value is -0.570. The first-order chi connectivity index (χ1) is 6.20. The number of hydrogen-bond acceptors (Lipinski definition) is 2. The van der Waals surface area contributed by atoms with Gasteiger partial charge in [0.2, 0.25) is 5.91 Å². The van der Waals surface area contributed by atoms with Gasteiger partial charge in [0, 0.05) is 19.5 Å². The van der Waals surface area contributed by atoms with Gasteiger partial charge >= 0.3 is 0 Å². The Morgan fingerprint density at radius 3 is 2.54 bits per heavy atom. The highest BCUT2D eigenvalue weighted by Gasteiger charge is 2.16. The first-order valence-electron chi connectivity index (χ1n) is 5.05. The lowest BCUT2D eigenvalue weighted by Crippen LogP contribution is -2.40. The molecule has 0 aromatic heterocycles. The van der Waals surface area contributed by atoms with E-state index in [1.165, 1.54) is 0 Å². The number of amides is 1. The number of carbonyl (C=O) groups is 1. The van der Waals surface area contributed by atoms with Crippen molar-refractivity contribution in [1.82, 2.24) is 4.90 Å². The molecule has 0 aromatic rings. The normalized spacial score (nSPS) is 17.9. The zero-order valence-corrected chi connectivity index (χ0v) is 8.58. The van der Waals surface area contributed by atoms with Crippen LogP contribution >= 0.6 is 0 Å². The summed E-state index contributed by atoms with van der Waals surface area (Å²) in [5.74, 6) is 0.905. The van der Waals surface area contributed by atoms with Crippen molar-refractivity contribution in [2.75, 3.05) is 26.3 Å². The summed E-state index contributed by atoms with van der Waals surface area (Å²) >= 11 is 0. The molecular weight excluding hydrogens is 166 g/mol. The maximum atomic E-state index is 11.6. The van der Waals surface area contributed by atoms with Gasteiger partial charge in [-0.15, -0.1) is 0 Å². The monoisotopic (exact) mass is 185 g/mol. The smallest absolute Gasteiger partial charge is 0.222 e. The van der Waals surface area contributed by atoms with Crippen molar-refractivity contribution < 1.29 is 9.53 Å². The Bertz CT molecular complexity index is 162. The molecule has 0 unspecified atom stereocenters. The second-order valence-corrected chi connectivity index (χ2v) is 3.93. The molecule has 0 bridgehead atoms. The second kappa shape index (κ2) is 5.22. The van der Waals surface area contributed by atoms with Gasteiger partial charge in [-0.2, -0.15) is 0 Å². The number of carbonyl (C=O) groups excluding carboxylic acids is 1. The Kier molecular flexibility index (Phi) is 4.22. The average Bonchev–Trinajstić information content (AvgIpc) is 2.15. The third-order valence-electron chi connectivity index (χ3n) is 2.30. The van der Waals surface area contributed by atoms with Gasteiger partial charge in [0.25, 0.3) is 0 Å². The van der Waals surface area contributed by atoms with Crippen LogP contribution in [0.2, 0.25) is 0 Å². The van der Waals surface area contributed by atoms with Crippen LogP contribution in [-0.2, 0) is 9.53 Å². The molecule has 3 heteroatoms. The van der Waals surface area contributed by atoms with Gasteiger partial charge < -0.3 is 9.64 Å². The fraction of sp³-hybridized carbons (Fsp3) is 0.900. The van der Waals surface area contributed by atoms with E-state index in [-0.39, 0.29) is 5.91 Å². The summed E-state index contributed by atoms with van der Waals surface area (Å²) in [6.07, 6.45) is 1.69. The minimum atomic E-state index is 0.289. The summed E-state index contributed by atoms with van der Waals surface area (Å²) in [4.78, 5) is 13.5. The molecule has 1 aliphatic rings. The van der Waals surface area contributed by atoms with Crippen LogP contribution in [0, 0.1) is 5.92 Å².